The fraction of sp³-hybridized carbons (Fsp3) is 0.267. The number of aliphatic hydroxyl groups excluding tert-OH is 1. The first-order chi connectivity index (χ1) is 9.27. The van der Waals surface area contributed by atoms with Crippen molar-refractivity contribution in [2.45, 2.75) is 18.9 Å². The van der Waals surface area contributed by atoms with E-state index < -0.39 is 6.10 Å². The van der Waals surface area contributed by atoms with Gasteiger partial charge in [0, 0.05) is 17.3 Å². The third-order valence-corrected chi connectivity index (χ3v) is 3.67. The molecule has 3 rings (SSSR count). The summed E-state index contributed by atoms with van der Waals surface area (Å²) in [6.07, 6.45) is 3.72. The first-order valence-electron chi connectivity index (χ1n) is 6.34. The monoisotopic (exact) mass is 254 g/mol. The number of Topliss-reactive ketones (excluding diaryl/α,β-unsaturated/α-hetero) is 1. The van der Waals surface area contributed by atoms with Gasteiger partial charge < -0.3 is 5.11 Å². The Morgan fingerprint density at radius 3 is 2.84 bits per heavy atom. The molecule has 0 aliphatic heterocycles. The molecule has 0 fully saturated rings. The Morgan fingerprint density at radius 1 is 1.21 bits per heavy atom. The quantitative estimate of drug-likeness (QED) is 0.889. The van der Waals surface area contributed by atoms with E-state index >= 15 is 0 Å². The summed E-state index contributed by atoms with van der Waals surface area (Å²) in [5, 5.41) is 17.8. The molecule has 4 heteroatoms. The first kappa shape index (κ1) is 12.0. The van der Waals surface area contributed by atoms with Crippen LogP contribution in [0.2, 0.25) is 0 Å². The topological polar surface area (TPSA) is 63.1 Å². The van der Waals surface area contributed by atoms with Crippen LogP contribution in [0.25, 0.3) is 0 Å². The molecule has 0 amide bonds. The van der Waals surface area contributed by atoms with E-state index in [2.05, 4.69) is 10.2 Å². The van der Waals surface area contributed by atoms with Crippen molar-refractivity contribution < 1.29 is 9.90 Å². The molecular weight excluding hydrogens is 240 g/mol. The Bertz CT molecular complexity index is 598. The summed E-state index contributed by atoms with van der Waals surface area (Å²) in [6.45, 7) is 0. The maximum Gasteiger partial charge on any atom is 0.169 e. The van der Waals surface area contributed by atoms with E-state index in [9.17, 15) is 9.90 Å². The number of ketones is 1. The highest BCUT2D eigenvalue weighted by Crippen LogP contribution is 2.33. The molecule has 1 heterocycles. The molecule has 96 valence electrons. The highest BCUT2D eigenvalue weighted by molar-refractivity contribution is 6.00. The second-order valence-corrected chi connectivity index (χ2v) is 4.79. The lowest BCUT2D eigenvalue weighted by Gasteiger charge is -2.27. The second kappa shape index (κ2) is 4.90. The maximum atomic E-state index is 12.4. The Kier molecular flexibility index (Phi) is 3.09. The SMILES string of the molecule is O=C1c2ccccc2CC[C@@H]1[C@H](O)c1ccnnc1. The molecule has 1 aromatic heterocycles. The number of carbonyl (C=O) groups excluding carboxylic acids is 1. The molecular formula is C15H14N2O2. The van der Waals surface area contributed by atoms with Crippen LogP contribution in [0.1, 0.15) is 34.0 Å². The van der Waals surface area contributed by atoms with Crippen LogP contribution in [0.3, 0.4) is 0 Å². The number of benzene rings is 1. The molecule has 1 aliphatic carbocycles. The van der Waals surface area contributed by atoms with E-state index in [-0.39, 0.29) is 11.7 Å². The van der Waals surface area contributed by atoms with Crippen LogP contribution in [-0.2, 0) is 6.42 Å². The second-order valence-electron chi connectivity index (χ2n) is 4.79. The summed E-state index contributed by atoms with van der Waals surface area (Å²) in [6, 6.07) is 9.31. The number of aliphatic hydroxyl groups is 1. The van der Waals surface area contributed by atoms with Gasteiger partial charge in [-0.05, 0) is 24.5 Å². The third kappa shape index (κ3) is 2.15. The summed E-state index contributed by atoms with van der Waals surface area (Å²) in [7, 11) is 0. The molecule has 2 aromatic rings. The number of rotatable bonds is 2. The van der Waals surface area contributed by atoms with Crippen molar-refractivity contribution in [1.82, 2.24) is 10.2 Å². The minimum Gasteiger partial charge on any atom is -0.388 e. The van der Waals surface area contributed by atoms with Crippen LogP contribution in [0, 0.1) is 5.92 Å². The molecule has 0 saturated heterocycles. The van der Waals surface area contributed by atoms with Crippen molar-refractivity contribution >= 4 is 5.78 Å². The average molecular weight is 254 g/mol. The summed E-state index contributed by atoms with van der Waals surface area (Å²) in [5.74, 6) is -0.370. The van der Waals surface area contributed by atoms with E-state index in [4.69, 9.17) is 0 Å². The predicted molar refractivity (Wildman–Crippen MR) is 69.6 cm³/mol. The summed E-state index contributed by atoms with van der Waals surface area (Å²) >= 11 is 0. The van der Waals surface area contributed by atoms with E-state index in [1.165, 1.54) is 12.4 Å². The predicted octanol–water partition coefficient (Wildman–Crippen LogP) is 1.96. The van der Waals surface area contributed by atoms with E-state index in [0.29, 0.717) is 12.0 Å². The molecule has 1 aliphatic rings. The lowest BCUT2D eigenvalue weighted by Crippen LogP contribution is -2.28. The molecule has 0 unspecified atom stereocenters. The number of aromatic nitrogens is 2. The number of fused-ring (bicyclic) bond motifs is 1. The highest BCUT2D eigenvalue weighted by atomic mass is 16.3. The summed E-state index contributed by atoms with van der Waals surface area (Å²) in [5.41, 5.74) is 2.45. The van der Waals surface area contributed by atoms with Crippen LogP contribution < -0.4 is 0 Å². The van der Waals surface area contributed by atoms with Crippen molar-refractivity contribution in [2.24, 2.45) is 5.92 Å². The van der Waals surface area contributed by atoms with Gasteiger partial charge >= 0.3 is 0 Å². The van der Waals surface area contributed by atoms with Gasteiger partial charge in [0.1, 0.15) is 0 Å². The normalized spacial score (nSPS) is 19.8. The number of hydrogen-bond donors (Lipinski definition) is 1. The fourth-order valence-corrected chi connectivity index (χ4v) is 2.63. The van der Waals surface area contributed by atoms with Gasteiger partial charge in [-0.2, -0.15) is 10.2 Å². The molecule has 4 nitrogen and oxygen atoms in total. The van der Waals surface area contributed by atoms with Gasteiger partial charge in [-0.15, -0.1) is 0 Å². The Labute approximate surface area is 111 Å². The smallest absolute Gasteiger partial charge is 0.169 e. The van der Waals surface area contributed by atoms with Crippen molar-refractivity contribution in [3.63, 3.8) is 0 Å². The van der Waals surface area contributed by atoms with Crippen molar-refractivity contribution in [2.75, 3.05) is 0 Å². The van der Waals surface area contributed by atoms with Crippen molar-refractivity contribution in [3.05, 3.63) is 59.4 Å². The zero-order valence-corrected chi connectivity index (χ0v) is 10.4. The Balaban J connectivity index is 1.90. The van der Waals surface area contributed by atoms with Gasteiger partial charge in [0.2, 0.25) is 0 Å². The highest BCUT2D eigenvalue weighted by Gasteiger charge is 2.33. The van der Waals surface area contributed by atoms with Crippen LogP contribution in [0.15, 0.2) is 42.7 Å². The lowest BCUT2D eigenvalue weighted by atomic mass is 9.78. The van der Waals surface area contributed by atoms with Crippen LogP contribution >= 0.6 is 0 Å². The van der Waals surface area contributed by atoms with Crippen molar-refractivity contribution in [1.29, 1.82) is 0 Å². The third-order valence-electron chi connectivity index (χ3n) is 3.67. The molecule has 0 bridgehead atoms. The van der Waals surface area contributed by atoms with Crippen molar-refractivity contribution in [3.8, 4) is 0 Å². The molecule has 19 heavy (non-hydrogen) atoms. The maximum absolute atomic E-state index is 12.4. The summed E-state index contributed by atoms with van der Waals surface area (Å²) in [4.78, 5) is 12.4. The number of aryl methyl sites for hydroxylation is 1. The lowest BCUT2D eigenvalue weighted by molar-refractivity contribution is 0.0636. The van der Waals surface area contributed by atoms with Gasteiger partial charge in [-0.3, -0.25) is 4.79 Å². The van der Waals surface area contributed by atoms with Gasteiger partial charge in [0.25, 0.3) is 0 Å². The number of nitrogens with zero attached hydrogens (tertiary/aromatic N) is 2. The minimum atomic E-state index is -0.809. The average Bonchev–Trinajstić information content (AvgIpc) is 2.48. The van der Waals surface area contributed by atoms with Crippen LogP contribution in [-0.4, -0.2) is 21.1 Å². The molecule has 2 atom stereocenters. The van der Waals surface area contributed by atoms with E-state index in [0.717, 1.165) is 17.5 Å². The number of carbonyl (C=O) groups is 1. The van der Waals surface area contributed by atoms with E-state index in [1.807, 2.05) is 24.3 Å². The Hall–Kier alpha value is -2.07. The number of hydrogen-bond acceptors (Lipinski definition) is 4. The van der Waals surface area contributed by atoms with Gasteiger partial charge in [-0.1, -0.05) is 24.3 Å². The molecule has 0 radical (unpaired) electrons. The molecule has 0 spiro atoms. The Morgan fingerprint density at radius 2 is 2.05 bits per heavy atom. The van der Waals surface area contributed by atoms with Crippen LogP contribution in [0.4, 0.5) is 0 Å². The van der Waals surface area contributed by atoms with Crippen LogP contribution in [0.5, 0.6) is 0 Å². The zero-order valence-electron chi connectivity index (χ0n) is 10.4. The van der Waals surface area contributed by atoms with E-state index in [1.54, 1.807) is 6.07 Å². The molecule has 1 N–H and O–H groups in total. The molecule has 1 aromatic carbocycles. The zero-order chi connectivity index (χ0) is 13.2. The largest absolute Gasteiger partial charge is 0.388 e. The molecule has 0 saturated carbocycles. The minimum absolute atomic E-state index is 0.0196. The fourth-order valence-electron chi connectivity index (χ4n) is 2.63. The first-order valence-corrected chi connectivity index (χ1v) is 6.34. The van der Waals surface area contributed by atoms with Gasteiger partial charge in [-0.25, -0.2) is 0 Å². The summed E-state index contributed by atoms with van der Waals surface area (Å²) < 4.78 is 0. The van der Waals surface area contributed by atoms with Gasteiger partial charge in [0.15, 0.2) is 5.78 Å². The van der Waals surface area contributed by atoms with Gasteiger partial charge in [0.05, 0.1) is 18.2 Å². The standard InChI is InChI=1S/C15H14N2O2/c18-14(11-7-8-16-17-9-11)13-6-5-10-3-1-2-4-12(10)15(13)19/h1-4,7-9,13-14,18H,5-6H2/t13-,14-/m1/s1.